The molecule has 11 nitrogen and oxygen atoms in total. The van der Waals surface area contributed by atoms with Gasteiger partial charge in [-0.25, -0.2) is 14.6 Å². The van der Waals surface area contributed by atoms with Crippen molar-refractivity contribution in [2.45, 2.75) is 58.3 Å². The van der Waals surface area contributed by atoms with Gasteiger partial charge in [-0.2, -0.15) is 0 Å². The standard InChI is InChI=1S/C26H32BN3O8/c1-15(2)13-21(27-36-22(32)14-38(27)17(4)26(35)37-27)29-25(34)23(16(3)31)30-24(33)20-12-8-11-19(28-20)18-9-6-5-7-10-18/h5-12,15-17,21,23,31H,13-14H2,1-4H3,(H,29,34)(H,30,33)/t16-,17+,21+,23+,27?/m1/s1. The predicted molar refractivity (Wildman–Crippen MR) is 137 cm³/mol. The number of hydrogen-bond acceptors (Lipinski definition) is 8. The molecule has 12 heteroatoms. The van der Waals surface area contributed by atoms with Crippen molar-refractivity contribution >= 4 is 30.5 Å². The molecule has 202 valence electrons. The van der Waals surface area contributed by atoms with Crippen LogP contribution in [0.25, 0.3) is 11.3 Å². The van der Waals surface area contributed by atoms with E-state index >= 15 is 0 Å². The second-order valence-corrected chi connectivity index (χ2v) is 10.1. The topological polar surface area (TPSA) is 147 Å². The van der Waals surface area contributed by atoms with E-state index in [0.29, 0.717) is 12.1 Å². The molecule has 38 heavy (non-hydrogen) atoms. The van der Waals surface area contributed by atoms with E-state index in [9.17, 15) is 24.3 Å². The van der Waals surface area contributed by atoms with Crippen LogP contribution in [0.15, 0.2) is 48.5 Å². The fraction of sp³-hybridized carbons (Fsp3) is 0.423. The van der Waals surface area contributed by atoms with Crippen LogP contribution in [0.4, 0.5) is 0 Å². The molecule has 2 aliphatic rings. The summed E-state index contributed by atoms with van der Waals surface area (Å²) < 4.78 is 13.6. The summed E-state index contributed by atoms with van der Waals surface area (Å²) in [6.07, 6.45) is -1.78. The molecule has 2 amide bonds. The molecule has 3 heterocycles. The Kier molecular flexibility index (Phi) is 7.84. The maximum atomic E-state index is 13.4. The van der Waals surface area contributed by atoms with Crippen LogP contribution in [0, 0.1) is 5.92 Å². The van der Waals surface area contributed by atoms with Crippen LogP contribution in [0.2, 0.25) is 0 Å². The van der Waals surface area contributed by atoms with Gasteiger partial charge >= 0.3 is 18.7 Å². The van der Waals surface area contributed by atoms with Gasteiger partial charge in [-0.3, -0.25) is 9.59 Å². The highest BCUT2D eigenvalue weighted by Gasteiger charge is 2.70. The zero-order valence-electron chi connectivity index (χ0n) is 21.7. The number of amides is 2. The monoisotopic (exact) mass is 525 g/mol. The molecule has 2 aromatic rings. The first-order chi connectivity index (χ1) is 18.0. The first kappa shape index (κ1) is 27.3. The molecular formula is C26H32BN3O8. The Balaban J connectivity index is 1.55. The number of fused-ring (bicyclic) bond motifs is 1. The van der Waals surface area contributed by atoms with Crippen molar-refractivity contribution in [1.29, 1.82) is 0 Å². The minimum Gasteiger partial charge on any atom is -0.579 e. The lowest BCUT2D eigenvalue weighted by Crippen LogP contribution is -2.65. The van der Waals surface area contributed by atoms with E-state index in [0.717, 1.165) is 5.56 Å². The van der Waals surface area contributed by atoms with E-state index in [1.54, 1.807) is 19.1 Å². The molecule has 0 spiro atoms. The van der Waals surface area contributed by atoms with Crippen LogP contribution in [0.5, 0.6) is 0 Å². The summed E-state index contributed by atoms with van der Waals surface area (Å²) in [6, 6.07) is 12.9. The molecule has 1 aromatic heterocycles. The highest BCUT2D eigenvalue weighted by atomic mass is 16.9. The number of aliphatic hydroxyl groups excluding tert-OH is 1. The maximum Gasteiger partial charge on any atom is 0.706 e. The zero-order valence-corrected chi connectivity index (χ0v) is 21.7. The lowest BCUT2D eigenvalue weighted by atomic mass is 9.65. The van der Waals surface area contributed by atoms with Crippen LogP contribution >= 0.6 is 0 Å². The maximum absolute atomic E-state index is 13.4. The summed E-state index contributed by atoms with van der Waals surface area (Å²) in [6.45, 7) is 3.79. The number of aromatic nitrogens is 1. The molecule has 1 aromatic carbocycles. The van der Waals surface area contributed by atoms with Crippen molar-refractivity contribution in [3.8, 4) is 11.3 Å². The Bertz CT molecular complexity index is 1220. The predicted octanol–water partition coefficient (Wildman–Crippen LogP) is 1.29. The first-order valence-corrected chi connectivity index (χ1v) is 12.6. The average Bonchev–Trinajstić information content (AvgIpc) is 3.33. The van der Waals surface area contributed by atoms with E-state index < -0.39 is 54.7 Å². The van der Waals surface area contributed by atoms with E-state index in [1.165, 1.54) is 13.0 Å². The molecule has 0 radical (unpaired) electrons. The number of aliphatic hydroxyl groups is 1. The summed E-state index contributed by atoms with van der Waals surface area (Å²) in [5.41, 5.74) is 1.46. The minimum atomic E-state index is -2.73. The van der Waals surface area contributed by atoms with Crippen LogP contribution in [-0.4, -0.2) is 71.4 Å². The number of benzene rings is 1. The van der Waals surface area contributed by atoms with E-state index in [2.05, 4.69) is 19.9 Å². The van der Waals surface area contributed by atoms with Crippen LogP contribution in [0.1, 0.15) is 44.6 Å². The minimum absolute atomic E-state index is 0.0115. The number of rotatable bonds is 9. The molecule has 2 fully saturated rings. The second kappa shape index (κ2) is 10.9. The molecular weight excluding hydrogens is 493 g/mol. The molecule has 0 bridgehead atoms. The fourth-order valence-corrected chi connectivity index (χ4v) is 4.84. The van der Waals surface area contributed by atoms with E-state index in [4.69, 9.17) is 9.31 Å². The zero-order chi connectivity index (χ0) is 27.6. The quantitative estimate of drug-likeness (QED) is 0.328. The van der Waals surface area contributed by atoms with Gasteiger partial charge in [-0.1, -0.05) is 50.2 Å². The number of nitrogens with one attached hydrogen (secondary N) is 2. The Labute approximate surface area is 220 Å². The SMILES string of the molecule is CC(C)C[C@H](NC(=O)[C@@H](NC(=O)c1cccc(-c2ccccc2)n1)[C@@H](C)O)[B-]12OC(=O)C[O+]1[C@@H](C)C(=O)O2. The van der Waals surface area contributed by atoms with Gasteiger partial charge in [0.15, 0.2) is 6.61 Å². The molecule has 2 saturated heterocycles. The van der Waals surface area contributed by atoms with Crippen LogP contribution < -0.4 is 10.6 Å². The summed E-state index contributed by atoms with van der Waals surface area (Å²) in [5, 5.41) is 15.7. The number of carbonyl (C=O) groups excluding carboxylic acids is 4. The lowest BCUT2D eigenvalue weighted by Gasteiger charge is -2.38. The second-order valence-electron chi connectivity index (χ2n) is 10.1. The third kappa shape index (κ3) is 5.41. The van der Waals surface area contributed by atoms with Crippen molar-refractivity contribution < 1.29 is 37.9 Å². The summed E-state index contributed by atoms with van der Waals surface area (Å²) >= 11 is 0. The Morgan fingerprint density at radius 1 is 1.08 bits per heavy atom. The number of nitrogens with zero attached hydrogens (tertiary/aromatic N) is 1. The molecule has 0 aliphatic carbocycles. The van der Waals surface area contributed by atoms with Gasteiger partial charge in [-0.15, -0.1) is 0 Å². The Hall–Kier alpha value is -3.77. The molecule has 5 atom stereocenters. The van der Waals surface area contributed by atoms with Crippen LogP contribution in [-0.2, 0) is 28.0 Å². The molecule has 4 rings (SSSR count). The van der Waals surface area contributed by atoms with Crippen molar-refractivity contribution in [3.05, 3.63) is 54.2 Å². The van der Waals surface area contributed by atoms with Crippen molar-refractivity contribution in [3.63, 3.8) is 0 Å². The average molecular weight is 525 g/mol. The van der Waals surface area contributed by atoms with Gasteiger partial charge in [0.1, 0.15) is 11.7 Å². The van der Waals surface area contributed by atoms with Gasteiger partial charge in [0.05, 0.1) is 17.7 Å². The van der Waals surface area contributed by atoms with Gasteiger partial charge < -0.3 is 29.3 Å². The summed E-state index contributed by atoms with van der Waals surface area (Å²) in [7, 11) is 0. The van der Waals surface area contributed by atoms with Gasteiger partial charge in [0, 0.05) is 12.5 Å². The Morgan fingerprint density at radius 2 is 1.79 bits per heavy atom. The number of carbonyl (C=O) groups is 4. The van der Waals surface area contributed by atoms with Gasteiger partial charge in [-0.05, 0) is 31.4 Å². The first-order valence-electron chi connectivity index (χ1n) is 12.6. The van der Waals surface area contributed by atoms with E-state index in [-0.39, 0.29) is 18.2 Å². The molecule has 0 saturated carbocycles. The third-order valence-corrected chi connectivity index (χ3v) is 6.72. The molecule has 1 unspecified atom stereocenters. The number of pyridine rings is 1. The smallest absolute Gasteiger partial charge is 0.579 e. The van der Waals surface area contributed by atoms with Crippen LogP contribution in [0.3, 0.4) is 0 Å². The van der Waals surface area contributed by atoms with Gasteiger partial charge in [0.2, 0.25) is 12.0 Å². The normalized spacial score (nSPS) is 23.3. The van der Waals surface area contributed by atoms with Crippen molar-refractivity contribution in [2.75, 3.05) is 6.61 Å². The highest BCUT2D eigenvalue weighted by molar-refractivity contribution is 6.69. The third-order valence-electron chi connectivity index (χ3n) is 6.72. The van der Waals surface area contributed by atoms with Gasteiger partial charge in [0.25, 0.3) is 5.91 Å². The fourth-order valence-electron chi connectivity index (χ4n) is 4.84. The summed E-state index contributed by atoms with van der Waals surface area (Å²) in [5.74, 6) is -3.48. The van der Waals surface area contributed by atoms with E-state index in [1.807, 2.05) is 44.2 Å². The summed E-state index contributed by atoms with van der Waals surface area (Å²) in [4.78, 5) is 55.4. The highest BCUT2D eigenvalue weighted by Crippen LogP contribution is 2.39. The van der Waals surface area contributed by atoms with Crippen molar-refractivity contribution in [2.24, 2.45) is 5.92 Å². The van der Waals surface area contributed by atoms with Crippen molar-refractivity contribution in [1.82, 2.24) is 15.6 Å². The largest absolute Gasteiger partial charge is 0.706 e. The number of hydrogen-bond donors (Lipinski definition) is 3. The lowest BCUT2D eigenvalue weighted by molar-refractivity contribution is -0.146. The molecule has 3 N–H and O–H groups in total. The Morgan fingerprint density at radius 3 is 2.45 bits per heavy atom. The molecule has 2 aliphatic heterocycles.